The Morgan fingerprint density at radius 1 is 1.18 bits per heavy atom. The Bertz CT molecular complexity index is 1490. The number of carbonyl (C=O) groups excluding carboxylic acids is 1. The maximum Gasteiger partial charge on any atom is 0.420 e. The van der Waals surface area contributed by atoms with E-state index >= 15 is 0 Å². The molecule has 4 bridgehead atoms. The number of alkyl halides is 3. The minimum atomic E-state index is -4.78. The minimum Gasteiger partial charge on any atom is -0.444 e. The Hall–Kier alpha value is -3.97. The van der Waals surface area contributed by atoms with E-state index in [4.69, 9.17) is 13.9 Å². The van der Waals surface area contributed by atoms with E-state index in [1.54, 1.807) is 25.7 Å². The van der Waals surface area contributed by atoms with E-state index in [2.05, 4.69) is 20.5 Å². The molecule has 2 atom stereocenters. The average molecular weight is 616 g/mol. The summed E-state index contributed by atoms with van der Waals surface area (Å²) in [6.07, 6.45) is 0.508. The van der Waals surface area contributed by atoms with E-state index in [0.29, 0.717) is 32.2 Å². The van der Waals surface area contributed by atoms with E-state index in [0.717, 1.165) is 11.6 Å². The topological polar surface area (TPSA) is 123 Å². The number of hydrogen-bond donors (Lipinski definition) is 2. The van der Waals surface area contributed by atoms with Crippen LogP contribution in [0.3, 0.4) is 0 Å². The lowest BCUT2D eigenvalue weighted by Gasteiger charge is -2.29. The first-order chi connectivity index (χ1) is 20.8. The van der Waals surface area contributed by atoms with E-state index in [1.807, 2.05) is 42.5 Å². The van der Waals surface area contributed by atoms with Crippen LogP contribution in [-0.2, 0) is 27.9 Å². The highest BCUT2D eigenvalue weighted by Gasteiger charge is 2.41. The molecule has 1 amide bonds. The van der Waals surface area contributed by atoms with Gasteiger partial charge in [0.1, 0.15) is 17.0 Å². The summed E-state index contributed by atoms with van der Waals surface area (Å²) in [7, 11) is 0. The normalized spacial score (nSPS) is 21.3. The minimum absolute atomic E-state index is 0.177. The van der Waals surface area contributed by atoms with Crippen LogP contribution in [0.25, 0.3) is 11.6 Å². The monoisotopic (exact) mass is 615 g/mol. The molecule has 0 radical (unpaired) electrons. The molecule has 4 heterocycles. The Morgan fingerprint density at radius 3 is 2.68 bits per heavy atom. The summed E-state index contributed by atoms with van der Waals surface area (Å²) in [5.41, 5.74) is -3.23. The molecule has 1 fully saturated rings. The number of benzene rings is 1. The number of ether oxygens (including phenoxy) is 2. The molecule has 2 N–H and O–H groups in total. The van der Waals surface area contributed by atoms with Crippen LogP contribution in [0.4, 0.5) is 29.5 Å². The van der Waals surface area contributed by atoms with Crippen molar-refractivity contribution in [2.24, 2.45) is 0 Å². The number of nitrogens with zero attached hydrogens (tertiary/aromatic N) is 4. The Kier molecular flexibility index (Phi) is 8.98. The molecule has 10 nitrogen and oxygen atoms in total. The number of fused-ring (bicyclic) bond motifs is 7. The van der Waals surface area contributed by atoms with Crippen LogP contribution in [0.1, 0.15) is 69.9 Å². The van der Waals surface area contributed by atoms with Gasteiger partial charge in [-0.3, -0.25) is 5.32 Å². The lowest BCUT2D eigenvalue weighted by Crippen LogP contribution is -2.33. The maximum atomic E-state index is 14.5. The fourth-order valence-electron chi connectivity index (χ4n) is 5.32. The third-order valence-corrected chi connectivity index (χ3v) is 7.37. The van der Waals surface area contributed by atoms with Crippen LogP contribution in [0, 0.1) is 0 Å². The van der Waals surface area contributed by atoms with Gasteiger partial charge < -0.3 is 23.9 Å². The second kappa shape index (κ2) is 12.6. The van der Waals surface area contributed by atoms with Crippen molar-refractivity contribution in [2.45, 2.75) is 82.9 Å². The van der Waals surface area contributed by atoms with Gasteiger partial charge in [-0.05, 0) is 64.5 Å². The number of hydrogen-bond acceptors (Lipinski definition) is 9. The zero-order valence-corrected chi connectivity index (χ0v) is 24.9. The highest BCUT2D eigenvalue weighted by molar-refractivity contribution is 5.90. The molecule has 0 saturated carbocycles. The van der Waals surface area contributed by atoms with Crippen molar-refractivity contribution < 1.29 is 37.0 Å². The maximum absolute atomic E-state index is 14.5. The SMILES string of the molecule is CC(C)(C)OC(=O)Nc1cc(C(F)(F)F)c2nc1-c1nnc(o1)C(O)(COCc1ccccc1)CC/C=C\C[C@@H]1CCCN21. The van der Waals surface area contributed by atoms with Crippen LogP contribution in [0.15, 0.2) is 53.0 Å². The second-order valence-electron chi connectivity index (χ2n) is 12.0. The van der Waals surface area contributed by atoms with Gasteiger partial charge in [0.25, 0.3) is 11.8 Å². The number of anilines is 2. The number of allylic oxidation sites excluding steroid dienone is 1. The molecule has 44 heavy (non-hydrogen) atoms. The van der Waals surface area contributed by atoms with Gasteiger partial charge >= 0.3 is 12.3 Å². The molecular formula is C31H36F3N5O5. The van der Waals surface area contributed by atoms with E-state index in [1.165, 1.54) is 0 Å². The molecule has 5 rings (SSSR count). The quantitative estimate of drug-likeness (QED) is 0.305. The largest absolute Gasteiger partial charge is 0.444 e. The van der Waals surface area contributed by atoms with Crippen molar-refractivity contribution in [3.8, 4) is 11.6 Å². The highest BCUT2D eigenvalue weighted by Crippen LogP contribution is 2.43. The van der Waals surface area contributed by atoms with Crippen molar-refractivity contribution in [3.05, 3.63) is 65.6 Å². The number of aromatic nitrogens is 3. The van der Waals surface area contributed by atoms with Crippen molar-refractivity contribution in [1.82, 2.24) is 15.2 Å². The predicted molar refractivity (Wildman–Crippen MR) is 156 cm³/mol. The number of halogens is 3. The number of aliphatic hydroxyl groups is 1. The third kappa shape index (κ3) is 7.39. The summed E-state index contributed by atoms with van der Waals surface area (Å²) < 4.78 is 60.5. The van der Waals surface area contributed by atoms with Crippen LogP contribution in [0.5, 0.6) is 0 Å². The predicted octanol–water partition coefficient (Wildman–Crippen LogP) is 6.61. The van der Waals surface area contributed by atoms with Crippen molar-refractivity contribution in [1.29, 1.82) is 0 Å². The Labute approximate surface area is 253 Å². The summed E-state index contributed by atoms with van der Waals surface area (Å²) in [6, 6.07) is 10.0. The second-order valence-corrected chi connectivity index (χ2v) is 12.0. The molecule has 1 saturated heterocycles. The first kappa shape index (κ1) is 31.5. The van der Waals surface area contributed by atoms with Crippen LogP contribution in [0.2, 0.25) is 0 Å². The average Bonchev–Trinajstić information content (AvgIpc) is 3.62. The molecule has 0 spiro atoms. The molecule has 0 aliphatic carbocycles. The number of pyridine rings is 1. The van der Waals surface area contributed by atoms with Gasteiger partial charge in [-0.1, -0.05) is 42.5 Å². The lowest BCUT2D eigenvalue weighted by molar-refractivity contribution is -0.137. The lowest BCUT2D eigenvalue weighted by atomic mass is 9.98. The first-order valence-electron chi connectivity index (χ1n) is 14.5. The zero-order chi connectivity index (χ0) is 31.5. The summed E-state index contributed by atoms with van der Waals surface area (Å²) in [5.74, 6) is -0.751. The van der Waals surface area contributed by atoms with Gasteiger partial charge in [-0.15, -0.1) is 10.2 Å². The number of amides is 1. The molecule has 13 heteroatoms. The van der Waals surface area contributed by atoms with Crippen LogP contribution in [-0.4, -0.2) is 51.2 Å². The van der Waals surface area contributed by atoms with E-state index in [-0.39, 0.29) is 54.7 Å². The van der Waals surface area contributed by atoms with Gasteiger partial charge in [0.15, 0.2) is 11.3 Å². The van der Waals surface area contributed by atoms with E-state index < -0.39 is 29.0 Å². The molecule has 236 valence electrons. The standard InChI is InChI=1S/C31H36F3N5O5/c1-29(2,3)44-28(40)35-23-17-22(31(32,33)34)25-36-24(23)26-37-38-27(43-26)30(41,19-42-18-20-11-6-4-7-12-20)15-9-5-8-13-21-14-10-16-39(21)25/h4-8,11-12,17,21,41H,9-10,13-16,18-19H2,1-3H3,(H,35,40)/b8-5-/t21-,30?/m1/s1. The number of rotatable bonds is 5. The molecular weight excluding hydrogens is 579 g/mol. The van der Waals surface area contributed by atoms with E-state index in [9.17, 15) is 23.1 Å². The van der Waals surface area contributed by atoms with Gasteiger partial charge in [-0.2, -0.15) is 13.2 Å². The zero-order valence-electron chi connectivity index (χ0n) is 24.9. The summed E-state index contributed by atoms with van der Waals surface area (Å²) in [6.45, 7) is 5.32. The molecule has 2 aliphatic rings. The molecule has 1 aromatic carbocycles. The Balaban J connectivity index is 1.58. The fraction of sp³-hybridized carbons (Fsp3) is 0.484. The number of carbonyl (C=O) groups is 1. The van der Waals surface area contributed by atoms with Crippen molar-refractivity contribution in [2.75, 3.05) is 23.4 Å². The van der Waals surface area contributed by atoms with Crippen LogP contribution < -0.4 is 10.2 Å². The fourth-order valence-corrected chi connectivity index (χ4v) is 5.32. The summed E-state index contributed by atoms with van der Waals surface area (Å²) >= 11 is 0. The number of nitrogens with one attached hydrogen (secondary N) is 1. The molecule has 1 unspecified atom stereocenters. The molecule has 2 aromatic heterocycles. The van der Waals surface area contributed by atoms with Gasteiger partial charge in [0.05, 0.1) is 18.9 Å². The van der Waals surface area contributed by atoms with Gasteiger partial charge in [0, 0.05) is 12.6 Å². The van der Waals surface area contributed by atoms with Crippen LogP contribution >= 0.6 is 0 Å². The molecule has 3 aromatic rings. The molecule has 2 aliphatic heterocycles. The third-order valence-electron chi connectivity index (χ3n) is 7.37. The first-order valence-corrected chi connectivity index (χ1v) is 14.5. The van der Waals surface area contributed by atoms with Crippen molar-refractivity contribution >= 4 is 17.6 Å². The summed E-state index contributed by atoms with van der Waals surface area (Å²) in [4.78, 5) is 18.8. The summed E-state index contributed by atoms with van der Waals surface area (Å²) in [5, 5.41) is 22.2. The Morgan fingerprint density at radius 2 is 1.95 bits per heavy atom. The smallest absolute Gasteiger partial charge is 0.420 e. The van der Waals surface area contributed by atoms with Crippen molar-refractivity contribution in [3.63, 3.8) is 0 Å². The highest BCUT2D eigenvalue weighted by atomic mass is 19.4. The van der Waals surface area contributed by atoms with Gasteiger partial charge in [-0.25, -0.2) is 9.78 Å². The van der Waals surface area contributed by atoms with Gasteiger partial charge in [0.2, 0.25) is 0 Å².